The molecule has 1 saturated heterocycles. The Bertz CT molecular complexity index is 154. The fourth-order valence-electron chi connectivity index (χ4n) is 2.04. The van der Waals surface area contributed by atoms with Crippen LogP contribution in [0.1, 0.15) is 26.7 Å². The van der Waals surface area contributed by atoms with Gasteiger partial charge in [-0.1, -0.05) is 13.8 Å². The van der Waals surface area contributed by atoms with Crippen LogP contribution in [0.3, 0.4) is 0 Å². The number of nitrogens with one attached hydrogen (secondary N) is 1. The number of methoxy groups -OCH3 is 1. The minimum Gasteiger partial charge on any atom is -0.383 e. The Labute approximate surface area is 94.2 Å². The number of piperidine rings is 1. The minimum absolute atomic E-state index is 0.622. The fourth-order valence-corrected chi connectivity index (χ4v) is 2.04. The van der Waals surface area contributed by atoms with Gasteiger partial charge < -0.3 is 15.0 Å². The molecule has 1 aliphatic heterocycles. The van der Waals surface area contributed by atoms with Gasteiger partial charge in [-0.15, -0.1) is 0 Å². The normalized spacial score (nSPS) is 20.0. The fraction of sp³-hybridized carbons (Fsp3) is 1.00. The van der Waals surface area contributed by atoms with Crippen molar-refractivity contribution in [1.29, 1.82) is 0 Å². The molecule has 0 aromatic heterocycles. The van der Waals surface area contributed by atoms with Crippen LogP contribution >= 0.6 is 0 Å². The zero-order chi connectivity index (χ0) is 11.1. The second kappa shape index (κ2) is 7.20. The van der Waals surface area contributed by atoms with Crippen LogP contribution in [0.4, 0.5) is 0 Å². The van der Waals surface area contributed by atoms with Crippen LogP contribution in [-0.2, 0) is 4.74 Å². The molecule has 0 saturated carbocycles. The first kappa shape index (κ1) is 12.9. The van der Waals surface area contributed by atoms with Crippen LogP contribution in [0, 0.1) is 5.92 Å². The molecule has 15 heavy (non-hydrogen) atoms. The quantitative estimate of drug-likeness (QED) is 0.722. The zero-order valence-electron chi connectivity index (χ0n) is 10.5. The minimum atomic E-state index is 0.622. The van der Waals surface area contributed by atoms with Gasteiger partial charge in [-0.05, 0) is 38.4 Å². The third-order valence-electron chi connectivity index (χ3n) is 3.13. The summed E-state index contributed by atoms with van der Waals surface area (Å²) in [5.74, 6) is 0.881. The number of ether oxygens (including phenoxy) is 1. The van der Waals surface area contributed by atoms with Crippen molar-refractivity contribution >= 4 is 0 Å². The van der Waals surface area contributed by atoms with E-state index >= 15 is 0 Å². The third kappa shape index (κ3) is 5.50. The molecule has 0 bridgehead atoms. The summed E-state index contributed by atoms with van der Waals surface area (Å²) in [4.78, 5) is 2.51. The van der Waals surface area contributed by atoms with Gasteiger partial charge in [-0.2, -0.15) is 0 Å². The SMILES string of the molecule is COCCN1CCC(CNC(C)C)CC1. The largest absolute Gasteiger partial charge is 0.383 e. The second-order valence-electron chi connectivity index (χ2n) is 4.84. The van der Waals surface area contributed by atoms with E-state index in [9.17, 15) is 0 Å². The Balaban J connectivity index is 2.07. The maximum Gasteiger partial charge on any atom is 0.0589 e. The summed E-state index contributed by atoms with van der Waals surface area (Å²) in [7, 11) is 1.78. The zero-order valence-corrected chi connectivity index (χ0v) is 10.5. The summed E-state index contributed by atoms with van der Waals surface area (Å²) < 4.78 is 5.10. The first-order chi connectivity index (χ1) is 7.22. The molecule has 0 aromatic rings. The molecule has 0 aromatic carbocycles. The van der Waals surface area contributed by atoms with Gasteiger partial charge in [0, 0.05) is 19.7 Å². The number of likely N-dealkylation sites (tertiary alicyclic amines) is 1. The summed E-state index contributed by atoms with van der Waals surface area (Å²) in [6.45, 7) is 10.1. The van der Waals surface area contributed by atoms with Gasteiger partial charge in [0.15, 0.2) is 0 Å². The molecule has 0 radical (unpaired) electrons. The maximum atomic E-state index is 5.10. The van der Waals surface area contributed by atoms with Crippen molar-refractivity contribution < 1.29 is 4.74 Å². The number of nitrogens with zero attached hydrogens (tertiary/aromatic N) is 1. The molecule has 90 valence electrons. The van der Waals surface area contributed by atoms with Gasteiger partial charge in [0.25, 0.3) is 0 Å². The molecule has 1 aliphatic rings. The van der Waals surface area contributed by atoms with Gasteiger partial charge in [-0.25, -0.2) is 0 Å². The van der Waals surface area contributed by atoms with Gasteiger partial charge in [0.1, 0.15) is 0 Å². The smallest absolute Gasteiger partial charge is 0.0589 e. The van der Waals surface area contributed by atoms with Crippen molar-refractivity contribution in [3.05, 3.63) is 0 Å². The molecule has 0 amide bonds. The van der Waals surface area contributed by atoms with Crippen LogP contribution in [0.5, 0.6) is 0 Å². The molecule has 3 heteroatoms. The molecular formula is C12H26N2O. The molecule has 1 rings (SSSR count). The maximum absolute atomic E-state index is 5.10. The highest BCUT2D eigenvalue weighted by Gasteiger charge is 2.18. The summed E-state index contributed by atoms with van der Waals surface area (Å²) in [6.07, 6.45) is 2.67. The lowest BCUT2D eigenvalue weighted by Crippen LogP contribution is -2.39. The highest BCUT2D eigenvalue weighted by atomic mass is 16.5. The summed E-state index contributed by atoms with van der Waals surface area (Å²) in [5, 5.41) is 3.53. The van der Waals surface area contributed by atoms with E-state index in [1.165, 1.54) is 32.5 Å². The van der Waals surface area contributed by atoms with Crippen LogP contribution in [-0.4, -0.2) is 50.8 Å². The van der Waals surface area contributed by atoms with E-state index in [0.717, 1.165) is 19.1 Å². The lowest BCUT2D eigenvalue weighted by Gasteiger charge is -2.32. The van der Waals surface area contributed by atoms with Crippen molar-refractivity contribution in [2.45, 2.75) is 32.7 Å². The van der Waals surface area contributed by atoms with E-state index < -0.39 is 0 Å². The lowest BCUT2D eigenvalue weighted by atomic mass is 9.96. The van der Waals surface area contributed by atoms with Crippen molar-refractivity contribution in [3.8, 4) is 0 Å². The first-order valence-corrected chi connectivity index (χ1v) is 6.17. The predicted octanol–water partition coefficient (Wildman–Crippen LogP) is 1.34. The summed E-state index contributed by atoms with van der Waals surface area (Å²) in [5.41, 5.74) is 0. The summed E-state index contributed by atoms with van der Waals surface area (Å²) >= 11 is 0. The Morgan fingerprint density at radius 3 is 2.53 bits per heavy atom. The molecule has 1 N–H and O–H groups in total. The number of rotatable bonds is 6. The van der Waals surface area contributed by atoms with E-state index in [2.05, 4.69) is 24.1 Å². The van der Waals surface area contributed by atoms with Crippen LogP contribution in [0.25, 0.3) is 0 Å². The standard InChI is InChI=1S/C12H26N2O/c1-11(2)13-10-12-4-6-14(7-5-12)8-9-15-3/h11-13H,4-10H2,1-3H3. The van der Waals surface area contributed by atoms with Gasteiger partial charge >= 0.3 is 0 Å². The van der Waals surface area contributed by atoms with Crippen LogP contribution in [0.2, 0.25) is 0 Å². The highest BCUT2D eigenvalue weighted by Crippen LogP contribution is 2.16. The average Bonchev–Trinajstić information content (AvgIpc) is 2.25. The third-order valence-corrected chi connectivity index (χ3v) is 3.13. The number of hydrogen-bond donors (Lipinski definition) is 1. The van der Waals surface area contributed by atoms with Crippen LogP contribution < -0.4 is 5.32 Å². The lowest BCUT2D eigenvalue weighted by molar-refractivity contribution is 0.119. The predicted molar refractivity (Wildman–Crippen MR) is 64.2 cm³/mol. The van der Waals surface area contributed by atoms with Crippen molar-refractivity contribution in [3.63, 3.8) is 0 Å². The molecule has 3 nitrogen and oxygen atoms in total. The van der Waals surface area contributed by atoms with E-state index in [1.807, 2.05) is 0 Å². The monoisotopic (exact) mass is 214 g/mol. The van der Waals surface area contributed by atoms with E-state index in [0.29, 0.717) is 6.04 Å². The van der Waals surface area contributed by atoms with Crippen LogP contribution in [0.15, 0.2) is 0 Å². The Hall–Kier alpha value is -0.120. The van der Waals surface area contributed by atoms with E-state index in [4.69, 9.17) is 4.74 Å². The van der Waals surface area contributed by atoms with Crippen molar-refractivity contribution in [2.75, 3.05) is 39.9 Å². The van der Waals surface area contributed by atoms with Crippen molar-refractivity contribution in [2.24, 2.45) is 5.92 Å². The van der Waals surface area contributed by atoms with E-state index in [-0.39, 0.29) is 0 Å². The molecule has 0 aliphatic carbocycles. The number of hydrogen-bond acceptors (Lipinski definition) is 3. The molecule has 0 atom stereocenters. The van der Waals surface area contributed by atoms with Gasteiger partial charge in [0.2, 0.25) is 0 Å². The molecule has 1 fully saturated rings. The Morgan fingerprint density at radius 1 is 1.33 bits per heavy atom. The Morgan fingerprint density at radius 2 is 2.00 bits per heavy atom. The molecule has 1 heterocycles. The summed E-state index contributed by atoms with van der Waals surface area (Å²) in [6, 6.07) is 0.622. The highest BCUT2D eigenvalue weighted by molar-refractivity contribution is 4.74. The van der Waals surface area contributed by atoms with Gasteiger partial charge in [0.05, 0.1) is 6.61 Å². The molecular weight excluding hydrogens is 188 g/mol. The molecule has 0 unspecified atom stereocenters. The Kier molecular flexibility index (Phi) is 6.22. The van der Waals surface area contributed by atoms with Crippen molar-refractivity contribution in [1.82, 2.24) is 10.2 Å². The second-order valence-corrected chi connectivity index (χ2v) is 4.84. The molecule has 0 spiro atoms. The topological polar surface area (TPSA) is 24.5 Å². The van der Waals surface area contributed by atoms with E-state index in [1.54, 1.807) is 7.11 Å². The first-order valence-electron chi connectivity index (χ1n) is 6.17. The van der Waals surface area contributed by atoms with Gasteiger partial charge in [-0.3, -0.25) is 0 Å². The average molecular weight is 214 g/mol.